The fourth-order valence-electron chi connectivity index (χ4n) is 2.37. The first-order chi connectivity index (χ1) is 7.95. The molecule has 0 aliphatic carbocycles. The number of hydrogen-bond donors (Lipinski definition) is 1. The van der Waals surface area contributed by atoms with Gasteiger partial charge in [-0.3, -0.25) is 4.79 Å². The van der Waals surface area contributed by atoms with Gasteiger partial charge in [-0.05, 0) is 24.2 Å². The lowest BCUT2D eigenvalue weighted by Gasteiger charge is -2.29. The zero-order valence-corrected chi connectivity index (χ0v) is 12.2. The highest BCUT2D eigenvalue weighted by Crippen LogP contribution is 2.34. The zero-order valence-electron chi connectivity index (χ0n) is 11.3. The third-order valence-corrected chi connectivity index (χ3v) is 3.84. The van der Waals surface area contributed by atoms with Crippen LogP contribution in [0.4, 0.5) is 0 Å². The molecular formula is C14H25NOS. The van der Waals surface area contributed by atoms with E-state index >= 15 is 0 Å². The first kappa shape index (κ1) is 14.6. The number of likely N-dealkylation sites (tertiary alicyclic amines) is 1. The van der Waals surface area contributed by atoms with Gasteiger partial charge in [0.2, 0.25) is 5.91 Å². The summed E-state index contributed by atoms with van der Waals surface area (Å²) in [4.78, 5) is 13.9. The molecule has 1 aliphatic rings. The fraction of sp³-hybridized carbons (Fsp3) is 0.786. The minimum atomic E-state index is 0.306. The Hall–Kier alpha value is -0.440. The van der Waals surface area contributed by atoms with E-state index in [-0.39, 0.29) is 0 Å². The monoisotopic (exact) mass is 255 g/mol. The molecule has 1 unspecified atom stereocenters. The Morgan fingerprint density at radius 1 is 1.35 bits per heavy atom. The van der Waals surface area contributed by atoms with E-state index in [4.69, 9.17) is 0 Å². The largest absolute Gasteiger partial charge is 0.339 e. The highest BCUT2D eigenvalue weighted by Gasteiger charge is 2.29. The van der Waals surface area contributed by atoms with Crippen molar-refractivity contribution in [3.05, 3.63) is 12.2 Å². The lowest BCUT2D eigenvalue weighted by atomic mass is 9.77. The van der Waals surface area contributed by atoms with Gasteiger partial charge in [0.05, 0.1) is 0 Å². The summed E-state index contributed by atoms with van der Waals surface area (Å²) in [5.41, 5.74) is 0.317. The van der Waals surface area contributed by atoms with Crippen molar-refractivity contribution in [1.29, 1.82) is 0 Å². The van der Waals surface area contributed by atoms with Crippen LogP contribution in [0.25, 0.3) is 0 Å². The maximum absolute atomic E-state index is 12.0. The quantitative estimate of drug-likeness (QED) is 0.607. The van der Waals surface area contributed by atoms with Gasteiger partial charge >= 0.3 is 0 Å². The number of rotatable bonds is 3. The van der Waals surface area contributed by atoms with Crippen LogP contribution < -0.4 is 0 Å². The number of thiol groups is 1. The maximum Gasteiger partial charge on any atom is 0.222 e. The summed E-state index contributed by atoms with van der Waals surface area (Å²) in [5.74, 6) is 1.71. The minimum Gasteiger partial charge on any atom is -0.339 e. The second-order valence-corrected chi connectivity index (χ2v) is 6.25. The molecule has 2 nitrogen and oxygen atoms in total. The molecule has 1 aliphatic heterocycles. The number of hydrogen-bond acceptors (Lipinski definition) is 2. The van der Waals surface area contributed by atoms with Crippen molar-refractivity contribution in [1.82, 2.24) is 4.90 Å². The first-order valence-corrected chi connectivity index (χ1v) is 7.12. The third kappa shape index (κ3) is 4.74. The predicted octanol–water partition coefficient (Wildman–Crippen LogP) is 3.15. The van der Waals surface area contributed by atoms with Crippen LogP contribution in [-0.4, -0.2) is 29.6 Å². The summed E-state index contributed by atoms with van der Waals surface area (Å²) < 4.78 is 0. The van der Waals surface area contributed by atoms with E-state index in [0.717, 1.165) is 31.7 Å². The molecule has 1 saturated heterocycles. The molecule has 17 heavy (non-hydrogen) atoms. The van der Waals surface area contributed by atoms with Crippen LogP contribution in [0.3, 0.4) is 0 Å². The summed E-state index contributed by atoms with van der Waals surface area (Å²) in [6.07, 6.45) is 6.92. The molecule has 1 rings (SSSR count). The van der Waals surface area contributed by atoms with Crippen LogP contribution in [0, 0.1) is 11.3 Å². The van der Waals surface area contributed by atoms with Crippen molar-refractivity contribution in [3.63, 3.8) is 0 Å². The van der Waals surface area contributed by atoms with Gasteiger partial charge in [-0.25, -0.2) is 0 Å². The number of carbonyl (C=O) groups is 1. The van der Waals surface area contributed by atoms with Crippen molar-refractivity contribution >= 4 is 18.5 Å². The summed E-state index contributed by atoms with van der Waals surface area (Å²) >= 11 is 4.12. The highest BCUT2D eigenvalue weighted by atomic mass is 32.1. The number of nitrogens with zero attached hydrogens (tertiary/aromatic N) is 1. The lowest BCUT2D eigenvalue weighted by Crippen LogP contribution is -2.30. The van der Waals surface area contributed by atoms with Crippen LogP contribution in [-0.2, 0) is 4.79 Å². The van der Waals surface area contributed by atoms with E-state index in [1.165, 1.54) is 0 Å². The van der Waals surface area contributed by atoms with Gasteiger partial charge in [-0.15, -0.1) is 0 Å². The van der Waals surface area contributed by atoms with E-state index < -0.39 is 0 Å². The highest BCUT2D eigenvalue weighted by molar-refractivity contribution is 7.80. The molecule has 1 fully saturated rings. The fourth-order valence-corrected chi connectivity index (χ4v) is 2.52. The standard InChI is InChI=1S/C14H25NOS/c1-14(2,3)12-6-7-13(16)15(10-8-12)9-4-5-11-17/h4-5,12,17H,6-11H2,1-3H3. The Morgan fingerprint density at radius 2 is 2.06 bits per heavy atom. The molecule has 0 aromatic heterocycles. The van der Waals surface area contributed by atoms with Crippen LogP contribution in [0.15, 0.2) is 12.2 Å². The maximum atomic E-state index is 12.0. The van der Waals surface area contributed by atoms with Crippen LogP contribution in [0.5, 0.6) is 0 Å². The molecule has 98 valence electrons. The van der Waals surface area contributed by atoms with Crippen LogP contribution in [0.1, 0.15) is 40.0 Å². The molecule has 0 radical (unpaired) electrons. The molecule has 0 aromatic rings. The predicted molar refractivity (Wildman–Crippen MR) is 76.4 cm³/mol. The average molecular weight is 255 g/mol. The van der Waals surface area contributed by atoms with Gasteiger partial charge in [0.25, 0.3) is 0 Å². The molecule has 0 spiro atoms. The van der Waals surface area contributed by atoms with Gasteiger partial charge in [0.15, 0.2) is 0 Å². The molecule has 1 atom stereocenters. The van der Waals surface area contributed by atoms with Crippen molar-refractivity contribution < 1.29 is 4.79 Å². The second-order valence-electron chi connectivity index (χ2n) is 5.88. The van der Waals surface area contributed by atoms with E-state index in [9.17, 15) is 4.79 Å². The summed E-state index contributed by atoms with van der Waals surface area (Å²) in [5, 5.41) is 0. The Bertz CT molecular complexity index is 280. The van der Waals surface area contributed by atoms with Crippen molar-refractivity contribution in [3.8, 4) is 0 Å². The molecule has 0 aromatic carbocycles. The molecule has 3 heteroatoms. The van der Waals surface area contributed by atoms with E-state index in [0.29, 0.717) is 23.7 Å². The Labute approximate surface area is 111 Å². The van der Waals surface area contributed by atoms with Crippen molar-refractivity contribution in [2.45, 2.75) is 40.0 Å². The molecule has 0 saturated carbocycles. The van der Waals surface area contributed by atoms with Gasteiger partial charge in [0, 0.05) is 25.3 Å². The summed E-state index contributed by atoms with van der Waals surface area (Å²) in [6, 6.07) is 0. The van der Waals surface area contributed by atoms with Crippen molar-refractivity contribution in [2.75, 3.05) is 18.8 Å². The van der Waals surface area contributed by atoms with Gasteiger partial charge in [0.1, 0.15) is 0 Å². The minimum absolute atomic E-state index is 0.306. The Morgan fingerprint density at radius 3 is 2.65 bits per heavy atom. The molecule has 0 N–H and O–H groups in total. The normalized spacial score (nSPS) is 23.2. The van der Waals surface area contributed by atoms with E-state index in [2.05, 4.69) is 33.4 Å². The summed E-state index contributed by atoms with van der Waals surface area (Å²) in [7, 11) is 0. The molecule has 0 bridgehead atoms. The lowest BCUT2D eigenvalue weighted by molar-refractivity contribution is -0.130. The van der Waals surface area contributed by atoms with E-state index in [1.54, 1.807) is 0 Å². The molecular weight excluding hydrogens is 230 g/mol. The van der Waals surface area contributed by atoms with Gasteiger partial charge < -0.3 is 4.90 Å². The smallest absolute Gasteiger partial charge is 0.222 e. The van der Waals surface area contributed by atoms with Crippen LogP contribution >= 0.6 is 12.6 Å². The Kier molecular flexibility index (Phi) is 5.57. The van der Waals surface area contributed by atoms with Gasteiger partial charge in [-0.2, -0.15) is 12.6 Å². The van der Waals surface area contributed by atoms with Crippen molar-refractivity contribution in [2.24, 2.45) is 11.3 Å². The summed E-state index contributed by atoms with van der Waals surface area (Å²) in [6.45, 7) is 8.48. The number of amides is 1. The topological polar surface area (TPSA) is 20.3 Å². The number of carbonyl (C=O) groups excluding carboxylic acids is 1. The third-order valence-electron chi connectivity index (χ3n) is 3.63. The molecule has 1 amide bonds. The average Bonchev–Trinajstić information content (AvgIpc) is 2.41. The van der Waals surface area contributed by atoms with E-state index in [1.807, 2.05) is 17.1 Å². The molecule has 1 heterocycles. The Balaban J connectivity index is 2.55. The SMILES string of the molecule is CC(C)(C)C1CCC(=O)N(CC=CCS)CC1. The first-order valence-electron chi connectivity index (χ1n) is 6.48. The van der Waals surface area contributed by atoms with Crippen LogP contribution in [0.2, 0.25) is 0 Å². The second kappa shape index (κ2) is 6.48. The van der Waals surface area contributed by atoms with Gasteiger partial charge in [-0.1, -0.05) is 32.9 Å². The zero-order chi connectivity index (χ0) is 12.9.